The SMILES string of the molecule is FC(F)Oc1cccc(C#CCCl)c1. The summed E-state index contributed by atoms with van der Waals surface area (Å²) in [6.07, 6.45) is 0. The fourth-order valence-corrected chi connectivity index (χ4v) is 0.952. The van der Waals surface area contributed by atoms with E-state index < -0.39 is 6.61 Å². The third kappa shape index (κ3) is 3.63. The number of hydrogen-bond donors (Lipinski definition) is 0. The van der Waals surface area contributed by atoms with Crippen LogP contribution in [0.25, 0.3) is 0 Å². The smallest absolute Gasteiger partial charge is 0.387 e. The lowest BCUT2D eigenvalue weighted by Gasteiger charge is -2.03. The first-order valence-corrected chi connectivity index (χ1v) is 4.35. The van der Waals surface area contributed by atoms with Crippen molar-refractivity contribution in [1.82, 2.24) is 0 Å². The second kappa shape index (κ2) is 5.46. The van der Waals surface area contributed by atoms with Crippen molar-refractivity contribution in [3.05, 3.63) is 29.8 Å². The molecule has 74 valence electrons. The van der Waals surface area contributed by atoms with Gasteiger partial charge in [-0.15, -0.1) is 11.6 Å². The van der Waals surface area contributed by atoms with Crippen molar-refractivity contribution in [3.63, 3.8) is 0 Å². The maximum Gasteiger partial charge on any atom is 0.387 e. The first kappa shape index (κ1) is 10.8. The Kier molecular flexibility index (Phi) is 4.21. The van der Waals surface area contributed by atoms with Gasteiger partial charge in [-0.2, -0.15) is 8.78 Å². The molecule has 0 heterocycles. The number of halogens is 3. The van der Waals surface area contributed by atoms with E-state index in [1.54, 1.807) is 12.1 Å². The van der Waals surface area contributed by atoms with Gasteiger partial charge in [0.25, 0.3) is 0 Å². The Hall–Kier alpha value is -1.27. The monoisotopic (exact) mass is 216 g/mol. The highest BCUT2D eigenvalue weighted by Gasteiger charge is 2.03. The molecule has 0 atom stereocenters. The normalized spacial score (nSPS) is 9.43. The fraction of sp³-hybridized carbons (Fsp3) is 0.200. The van der Waals surface area contributed by atoms with Crippen LogP contribution in [-0.2, 0) is 0 Å². The van der Waals surface area contributed by atoms with Gasteiger partial charge in [-0.05, 0) is 18.2 Å². The molecule has 4 heteroatoms. The molecule has 0 unspecified atom stereocenters. The first-order chi connectivity index (χ1) is 6.72. The minimum Gasteiger partial charge on any atom is -0.435 e. The van der Waals surface area contributed by atoms with Gasteiger partial charge < -0.3 is 4.74 Å². The van der Waals surface area contributed by atoms with Gasteiger partial charge in [0.15, 0.2) is 0 Å². The van der Waals surface area contributed by atoms with Crippen LogP contribution in [0.2, 0.25) is 0 Å². The van der Waals surface area contributed by atoms with Gasteiger partial charge in [0.05, 0.1) is 5.88 Å². The van der Waals surface area contributed by atoms with Gasteiger partial charge in [0, 0.05) is 5.56 Å². The number of rotatable bonds is 2. The van der Waals surface area contributed by atoms with E-state index in [4.69, 9.17) is 11.6 Å². The van der Waals surface area contributed by atoms with E-state index in [-0.39, 0.29) is 11.6 Å². The molecule has 0 bridgehead atoms. The summed E-state index contributed by atoms with van der Waals surface area (Å²) in [6, 6.07) is 6.16. The Balaban J connectivity index is 2.78. The van der Waals surface area contributed by atoms with Crippen molar-refractivity contribution >= 4 is 11.6 Å². The molecule has 1 rings (SSSR count). The van der Waals surface area contributed by atoms with Gasteiger partial charge in [-0.1, -0.05) is 17.9 Å². The molecule has 1 aromatic carbocycles. The lowest BCUT2D eigenvalue weighted by molar-refractivity contribution is -0.0498. The zero-order valence-electron chi connectivity index (χ0n) is 7.14. The van der Waals surface area contributed by atoms with Crippen LogP contribution < -0.4 is 4.74 Å². The van der Waals surface area contributed by atoms with Crippen molar-refractivity contribution in [3.8, 4) is 17.6 Å². The lowest BCUT2D eigenvalue weighted by Crippen LogP contribution is -2.01. The van der Waals surface area contributed by atoms with E-state index in [0.717, 1.165) is 0 Å². The molecule has 0 aliphatic heterocycles. The highest BCUT2D eigenvalue weighted by atomic mass is 35.5. The summed E-state index contributed by atoms with van der Waals surface area (Å²) in [4.78, 5) is 0. The van der Waals surface area contributed by atoms with Crippen LogP contribution in [0.15, 0.2) is 24.3 Å². The summed E-state index contributed by atoms with van der Waals surface area (Å²) in [5.74, 6) is 5.63. The van der Waals surface area contributed by atoms with Crippen LogP contribution in [0.4, 0.5) is 8.78 Å². The Morgan fingerprint density at radius 2 is 2.21 bits per heavy atom. The predicted molar refractivity (Wildman–Crippen MR) is 50.7 cm³/mol. The summed E-state index contributed by atoms with van der Waals surface area (Å²) in [5.41, 5.74) is 0.601. The van der Waals surface area contributed by atoms with E-state index in [0.29, 0.717) is 5.56 Å². The molecule has 1 aromatic rings. The van der Waals surface area contributed by atoms with E-state index in [2.05, 4.69) is 16.6 Å². The predicted octanol–water partition coefficient (Wildman–Crippen LogP) is 2.88. The molecule has 0 aromatic heterocycles. The van der Waals surface area contributed by atoms with Crippen molar-refractivity contribution < 1.29 is 13.5 Å². The first-order valence-electron chi connectivity index (χ1n) is 3.82. The summed E-state index contributed by atoms with van der Waals surface area (Å²) < 4.78 is 27.9. The Bertz CT molecular complexity index is 355. The van der Waals surface area contributed by atoms with Gasteiger partial charge in [-0.3, -0.25) is 0 Å². The van der Waals surface area contributed by atoms with Crippen LogP contribution in [0.1, 0.15) is 5.56 Å². The molecule has 14 heavy (non-hydrogen) atoms. The zero-order valence-corrected chi connectivity index (χ0v) is 7.89. The quantitative estimate of drug-likeness (QED) is 0.546. The molecular weight excluding hydrogens is 210 g/mol. The molecule has 0 N–H and O–H groups in total. The molecule has 0 amide bonds. The maximum absolute atomic E-state index is 11.8. The zero-order chi connectivity index (χ0) is 10.4. The summed E-state index contributed by atoms with van der Waals surface area (Å²) in [6.45, 7) is -2.81. The van der Waals surface area contributed by atoms with Crippen molar-refractivity contribution in [2.75, 3.05) is 5.88 Å². The van der Waals surface area contributed by atoms with Crippen LogP contribution >= 0.6 is 11.6 Å². The molecule has 0 saturated heterocycles. The summed E-state index contributed by atoms with van der Waals surface area (Å²) >= 11 is 5.35. The third-order valence-corrected chi connectivity index (χ3v) is 1.49. The van der Waals surface area contributed by atoms with Crippen molar-refractivity contribution in [1.29, 1.82) is 0 Å². The van der Waals surface area contributed by atoms with Gasteiger partial charge in [0.2, 0.25) is 0 Å². The molecule has 0 radical (unpaired) electrons. The maximum atomic E-state index is 11.8. The molecule has 0 fully saturated rings. The number of alkyl halides is 3. The minimum absolute atomic E-state index is 0.0985. The van der Waals surface area contributed by atoms with Gasteiger partial charge in [-0.25, -0.2) is 0 Å². The summed E-state index contributed by atoms with van der Waals surface area (Å²) in [7, 11) is 0. The standard InChI is InChI=1S/C10H7ClF2O/c11-6-2-4-8-3-1-5-9(7-8)14-10(12)13/h1,3,5,7,10H,6H2. The second-order valence-electron chi connectivity index (χ2n) is 2.34. The van der Waals surface area contributed by atoms with Crippen LogP contribution in [0, 0.1) is 11.8 Å². The highest BCUT2D eigenvalue weighted by Crippen LogP contribution is 2.15. The average molecular weight is 217 g/mol. The molecule has 0 saturated carbocycles. The van der Waals surface area contributed by atoms with Crippen molar-refractivity contribution in [2.45, 2.75) is 6.61 Å². The summed E-state index contributed by atoms with van der Waals surface area (Å²) in [5, 5.41) is 0. The highest BCUT2D eigenvalue weighted by molar-refractivity contribution is 6.19. The van der Waals surface area contributed by atoms with Crippen molar-refractivity contribution in [2.24, 2.45) is 0 Å². The molecule has 0 aliphatic carbocycles. The molecular formula is C10H7ClF2O. The largest absolute Gasteiger partial charge is 0.435 e. The Labute approximate surface area is 85.6 Å². The number of ether oxygens (including phenoxy) is 1. The molecule has 0 aliphatic rings. The lowest BCUT2D eigenvalue weighted by atomic mass is 10.2. The minimum atomic E-state index is -2.81. The van der Waals surface area contributed by atoms with E-state index in [1.807, 2.05) is 0 Å². The van der Waals surface area contributed by atoms with Gasteiger partial charge in [0.1, 0.15) is 5.75 Å². The average Bonchev–Trinajstić information content (AvgIpc) is 2.14. The van der Waals surface area contributed by atoms with E-state index in [9.17, 15) is 8.78 Å². The Morgan fingerprint density at radius 3 is 2.86 bits per heavy atom. The molecule has 0 spiro atoms. The van der Waals surface area contributed by atoms with E-state index in [1.165, 1.54) is 12.1 Å². The second-order valence-corrected chi connectivity index (χ2v) is 2.61. The number of benzene rings is 1. The van der Waals surface area contributed by atoms with Crippen LogP contribution in [-0.4, -0.2) is 12.5 Å². The van der Waals surface area contributed by atoms with Gasteiger partial charge >= 0.3 is 6.61 Å². The third-order valence-electron chi connectivity index (χ3n) is 1.36. The number of hydrogen-bond acceptors (Lipinski definition) is 1. The van der Waals surface area contributed by atoms with Crippen LogP contribution in [0.5, 0.6) is 5.75 Å². The Morgan fingerprint density at radius 1 is 1.43 bits per heavy atom. The van der Waals surface area contributed by atoms with Crippen LogP contribution in [0.3, 0.4) is 0 Å². The topological polar surface area (TPSA) is 9.23 Å². The van der Waals surface area contributed by atoms with E-state index >= 15 is 0 Å². The fourth-order valence-electron chi connectivity index (χ4n) is 0.886. The molecule has 1 nitrogen and oxygen atoms in total.